The van der Waals surface area contributed by atoms with E-state index in [2.05, 4.69) is 0 Å². The van der Waals surface area contributed by atoms with Crippen molar-refractivity contribution < 1.29 is 34.1 Å². The molecule has 0 spiro atoms. The number of ether oxygens (including phenoxy) is 2. The second kappa shape index (κ2) is 7.94. The fourth-order valence-corrected chi connectivity index (χ4v) is 2.93. The largest absolute Gasteiger partial charge is 0.459 e. The van der Waals surface area contributed by atoms with E-state index in [0.29, 0.717) is 25.1 Å². The maximum Gasteiger partial charge on any atom is 0.341 e. The molecule has 0 aromatic rings. The molecule has 4 atom stereocenters. The highest BCUT2D eigenvalue weighted by Gasteiger charge is 2.47. The van der Waals surface area contributed by atoms with Crippen molar-refractivity contribution in [3.05, 3.63) is 11.6 Å². The number of fused-ring (bicyclic) bond motifs is 1. The number of nitrogens with zero attached hydrogens (tertiary/aromatic N) is 1. The van der Waals surface area contributed by atoms with Crippen LogP contribution in [0.15, 0.2) is 11.6 Å². The Bertz CT molecular complexity index is 657. The Balaban J connectivity index is 0.00000450. The molecule has 0 radical (unpaired) electrons. The summed E-state index contributed by atoms with van der Waals surface area (Å²) in [5.74, 6) is -5.19. The van der Waals surface area contributed by atoms with E-state index >= 15 is 0 Å². The van der Waals surface area contributed by atoms with Gasteiger partial charge >= 0.3 is 5.97 Å². The van der Waals surface area contributed by atoms with Crippen LogP contribution in [0.25, 0.3) is 0 Å². The van der Waals surface area contributed by atoms with Crippen LogP contribution in [0.2, 0.25) is 0 Å². The van der Waals surface area contributed by atoms with Crippen LogP contribution < -0.4 is 0 Å². The number of hydrogen-bond donors (Lipinski definition) is 2. The molecule has 2 aliphatic rings. The Hall–Kier alpha value is -0.660. The van der Waals surface area contributed by atoms with Gasteiger partial charge in [-0.1, -0.05) is 19.8 Å². The van der Waals surface area contributed by atoms with Gasteiger partial charge in [-0.3, -0.25) is 4.90 Å². The Morgan fingerprint density at radius 1 is 1.65 bits per heavy atom. The van der Waals surface area contributed by atoms with Crippen molar-refractivity contribution in [1.82, 2.24) is 4.90 Å². The summed E-state index contributed by atoms with van der Waals surface area (Å²) in [6.07, 6.45) is -0.0199. The van der Waals surface area contributed by atoms with Gasteiger partial charge in [0.25, 0.3) is 0 Å². The van der Waals surface area contributed by atoms with Crippen LogP contribution in [-0.2, 0) is 14.3 Å². The molecule has 0 aromatic carbocycles. The van der Waals surface area contributed by atoms with Gasteiger partial charge in [0, 0.05) is 29.8 Å². The SMILES string of the molecule is Cl.[2H]C([2H])([2H])C([2H])(C([2H])([2H])[2H])[C@@](O)(C(=O)OCC1=CCN2CC[C@H](O)[C@@H]12)[C@@H](C)OC. The maximum atomic E-state index is 12.9. The first kappa shape index (κ1) is 11.8. The first-order chi connectivity index (χ1) is 13.1. The molecule has 6 nitrogen and oxygen atoms in total. The molecule has 0 unspecified atom stereocenters. The van der Waals surface area contributed by atoms with Gasteiger partial charge in [-0.2, -0.15) is 0 Å². The van der Waals surface area contributed by atoms with Gasteiger partial charge in [0.15, 0.2) is 5.60 Å². The summed E-state index contributed by atoms with van der Waals surface area (Å²) in [6.45, 7) is -5.21. The summed E-state index contributed by atoms with van der Waals surface area (Å²) >= 11 is 0. The van der Waals surface area contributed by atoms with Gasteiger partial charge in [0.2, 0.25) is 0 Å². The second-order valence-electron chi connectivity index (χ2n) is 5.67. The molecule has 134 valence electrons. The number of carbonyl (C=O) groups is 1. The number of halogens is 1. The number of aliphatic hydroxyl groups is 2. The molecule has 0 aliphatic carbocycles. The quantitative estimate of drug-likeness (QED) is 0.540. The second-order valence-corrected chi connectivity index (χ2v) is 5.67. The van der Waals surface area contributed by atoms with Crippen molar-refractivity contribution in [2.45, 2.75) is 50.9 Å². The minimum Gasteiger partial charge on any atom is -0.459 e. The van der Waals surface area contributed by atoms with Crippen LogP contribution in [0.4, 0.5) is 0 Å². The first-order valence-corrected chi connectivity index (χ1v) is 7.16. The van der Waals surface area contributed by atoms with E-state index in [4.69, 9.17) is 19.1 Å². The minimum absolute atomic E-state index is 0. The normalized spacial score (nSPS) is 33.9. The Morgan fingerprint density at radius 2 is 2.35 bits per heavy atom. The number of methoxy groups -OCH3 is 1. The molecular formula is C16H28ClNO5. The van der Waals surface area contributed by atoms with Crippen molar-refractivity contribution in [2.75, 3.05) is 26.8 Å². The van der Waals surface area contributed by atoms with E-state index in [-0.39, 0.29) is 25.1 Å². The predicted molar refractivity (Wildman–Crippen MR) is 88.5 cm³/mol. The lowest BCUT2D eigenvalue weighted by atomic mass is 9.85. The summed E-state index contributed by atoms with van der Waals surface area (Å²) in [7, 11) is 1.05. The van der Waals surface area contributed by atoms with E-state index in [1.54, 1.807) is 6.08 Å². The summed E-state index contributed by atoms with van der Waals surface area (Å²) < 4.78 is 63.8. The number of carbonyl (C=O) groups excluding carboxylic acids is 1. The van der Waals surface area contributed by atoms with E-state index in [1.807, 2.05) is 4.90 Å². The molecule has 0 amide bonds. The minimum atomic E-state index is -3.61. The lowest BCUT2D eigenvalue weighted by Crippen LogP contribution is -2.54. The lowest BCUT2D eigenvalue weighted by molar-refractivity contribution is -0.186. The van der Waals surface area contributed by atoms with Gasteiger partial charge in [-0.05, 0) is 24.8 Å². The molecule has 0 bridgehead atoms. The van der Waals surface area contributed by atoms with E-state index in [1.165, 1.54) is 0 Å². The predicted octanol–water partition coefficient (Wildman–Crippen LogP) is 0.749. The van der Waals surface area contributed by atoms with Gasteiger partial charge in [-0.15, -0.1) is 12.4 Å². The number of aliphatic hydroxyl groups excluding tert-OH is 1. The van der Waals surface area contributed by atoms with E-state index < -0.39 is 43.4 Å². The van der Waals surface area contributed by atoms with Crippen molar-refractivity contribution >= 4 is 18.4 Å². The molecule has 1 saturated heterocycles. The number of rotatable bonds is 6. The monoisotopic (exact) mass is 356 g/mol. The fraction of sp³-hybridized carbons (Fsp3) is 0.812. The standard InChI is InChI=1S/C16H27NO5.ClH/c1-10(2)16(20,11(3)21-4)15(19)22-9-12-5-7-17-8-6-13(18)14(12)17;/h5,10-11,13-14,18,20H,6-9H2,1-4H3;1H/t11-,13+,14-,16+;/m1./s1/i1D3,2D3,10D;. The average Bonchev–Trinajstić information content (AvgIpc) is 3.18. The third-order valence-electron chi connectivity index (χ3n) is 4.44. The molecular weight excluding hydrogens is 322 g/mol. The molecule has 23 heavy (non-hydrogen) atoms. The Labute approximate surface area is 153 Å². The summed E-state index contributed by atoms with van der Waals surface area (Å²) in [5, 5.41) is 21.2. The molecule has 2 heterocycles. The van der Waals surface area contributed by atoms with Crippen LogP contribution in [0.5, 0.6) is 0 Å². The summed E-state index contributed by atoms with van der Waals surface area (Å²) in [4.78, 5) is 14.8. The van der Waals surface area contributed by atoms with Crippen molar-refractivity contribution in [3.8, 4) is 0 Å². The third-order valence-corrected chi connectivity index (χ3v) is 4.44. The van der Waals surface area contributed by atoms with Crippen LogP contribution in [-0.4, -0.2) is 71.7 Å². The molecule has 2 N–H and O–H groups in total. The van der Waals surface area contributed by atoms with Gasteiger partial charge in [0.05, 0.1) is 18.2 Å². The topological polar surface area (TPSA) is 79.2 Å². The average molecular weight is 357 g/mol. The molecule has 2 rings (SSSR count). The van der Waals surface area contributed by atoms with E-state index in [9.17, 15) is 15.0 Å². The molecule has 0 saturated carbocycles. The summed E-state index contributed by atoms with van der Waals surface area (Å²) in [6, 6.07) is -0.360. The van der Waals surface area contributed by atoms with Gasteiger partial charge in [0.1, 0.15) is 6.61 Å². The highest BCUT2D eigenvalue weighted by Crippen LogP contribution is 2.30. The molecule has 0 aromatic heterocycles. The zero-order chi connectivity index (χ0) is 22.4. The first-order valence-electron chi connectivity index (χ1n) is 10.7. The molecule has 1 fully saturated rings. The Morgan fingerprint density at radius 3 is 2.96 bits per heavy atom. The number of hydrogen-bond acceptors (Lipinski definition) is 6. The van der Waals surface area contributed by atoms with Crippen molar-refractivity contribution in [1.29, 1.82) is 0 Å². The zero-order valence-corrected chi connectivity index (χ0v) is 13.9. The van der Waals surface area contributed by atoms with Crippen LogP contribution >= 0.6 is 12.4 Å². The van der Waals surface area contributed by atoms with Crippen molar-refractivity contribution in [3.63, 3.8) is 0 Å². The highest BCUT2D eigenvalue weighted by molar-refractivity contribution is 5.85. The molecule has 2 aliphatic heterocycles. The van der Waals surface area contributed by atoms with Crippen molar-refractivity contribution in [2.24, 2.45) is 5.89 Å². The lowest BCUT2D eigenvalue weighted by Gasteiger charge is -2.34. The zero-order valence-electron chi connectivity index (χ0n) is 20.1. The summed E-state index contributed by atoms with van der Waals surface area (Å²) in [5.41, 5.74) is -2.75. The third kappa shape index (κ3) is 3.72. The highest BCUT2D eigenvalue weighted by atomic mass is 35.5. The van der Waals surface area contributed by atoms with Gasteiger partial charge in [-0.25, -0.2) is 4.79 Å². The number of esters is 1. The Kier molecular flexibility index (Phi) is 4.08. The maximum absolute atomic E-state index is 12.9. The molecule has 7 heteroatoms. The van der Waals surface area contributed by atoms with Gasteiger partial charge < -0.3 is 19.7 Å². The van der Waals surface area contributed by atoms with Crippen LogP contribution in [0, 0.1) is 5.89 Å². The smallest absolute Gasteiger partial charge is 0.341 e. The fourth-order valence-electron chi connectivity index (χ4n) is 2.93. The van der Waals surface area contributed by atoms with Crippen LogP contribution in [0.3, 0.4) is 0 Å². The van der Waals surface area contributed by atoms with E-state index in [0.717, 1.165) is 14.0 Å². The van der Waals surface area contributed by atoms with Crippen LogP contribution in [0.1, 0.15) is 36.6 Å².